The largest absolute Gasteiger partial charge is 0.496 e. The number of nitrogens with zero attached hydrogens (tertiary/aromatic N) is 2. The van der Waals surface area contributed by atoms with Gasteiger partial charge in [-0.1, -0.05) is 43.2 Å². The Hall–Kier alpha value is -3.22. The smallest absolute Gasteiger partial charge is 0.241 e. The van der Waals surface area contributed by atoms with E-state index in [0.717, 1.165) is 44.1 Å². The average Bonchev–Trinajstić information content (AvgIpc) is 3.60. The second-order valence-electron chi connectivity index (χ2n) is 9.94. The van der Waals surface area contributed by atoms with Crippen LogP contribution in [0.2, 0.25) is 0 Å². The second-order valence-corrected chi connectivity index (χ2v) is 9.94. The number of benzene rings is 2. The normalized spacial score (nSPS) is 25.0. The molecule has 0 radical (unpaired) electrons. The van der Waals surface area contributed by atoms with Gasteiger partial charge in [-0.2, -0.15) is 0 Å². The van der Waals surface area contributed by atoms with Crippen molar-refractivity contribution in [2.45, 2.75) is 68.9 Å². The summed E-state index contributed by atoms with van der Waals surface area (Å²) in [4.78, 5) is 44.4. The molecule has 3 amide bonds. The molecule has 2 heterocycles. The van der Waals surface area contributed by atoms with Crippen LogP contribution in [0.4, 0.5) is 4.39 Å². The van der Waals surface area contributed by atoms with Crippen molar-refractivity contribution < 1.29 is 23.5 Å². The Labute approximate surface area is 205 Å². The predicted octanol–water partition coefficient (Wildman–Crippen LogP) is 4.53. The van der Waals surface area contributed by atoms with Crippen molar-refractivity contribution in [3.05, 3.63) is 65.5 Å². The van der Waals surface area contributed by atoms with E-state index < -0.39 is 5.41 Å². The molecule has 0 spiro atoms. The summed E-state index contributed by atoms with van der Waals surface area (Å²) in [5.41, 5.74) is 0.177. The maximum Gasteiger partial charge on any atom is 0.241 e. The van der Waals surface area contributed by atoms with Gasteiger partial charge in [0, 0.05) is 31.0 Å². The van der Waals surface area contributed by atoms with Crippen LogP contribution in [-0.4, -0.2) is 47.2 Å². The Morgan fingerprint density at radius 3 is 2.46 bits per heavy atom. The minimum atomic E-state index is -1.29. The molecular formula is C28H31FN2O4. The number of ether oxygens (including phenoxy) is 1. The number of rotatable bonds is 6. The van der Waals surface area contributed by atoms with Crippen LogP contribution in [-0.2, 0) is 19.8 Å². The van der Waals surface area contributed by atoms with Gasteiger partial charge in [0.25, 0.3) is 0 Å². The van der Waals surface area contributed by atoms with Crippen molar-refractivity contribution in [3.8, 4) is 5.75 Å². The van der Waals surface area contributed by atoms with Crippen molar-refractivity contribution >= 4 is 17.7 Å². The minimum Gasteiger partial charge on any atom is -0.496 e. The van der Waals surface area contributed by atoms with Crippen molar-refractivity contribution in [3.63, 3.8) is 0 Å². The molecule has 6 nitrogen and oxygen atoms in total. The zero-order valence-electron chi connectivity index (χ0n) is 20.0. The lowest BCUT2D eigenvalue weighted by molar-refractivity contribution is -0.145. The molecule has 2 saturated heterocycles. The van der Waals surface area contributed by atoms with Gasteiger partial charge in [-0.3, -0.25) is 19.3 Å². The molecule has 184 valence electrons. The number of methoxy groups -OCH3 is 1. The first-order valence-corrected chi connectivity index (χ1v) is 12.5. The Morgan fingerprint density at radius 2 is 1.74 bits per heavy atom. The number of amides is 3. The van der Waals surface area contributed by atoms with Gasteiger partial charge in [0.05, 0.1) is 18.6 Å². The number of carbonyl (C=O) groups excluding carboxylic acids is 3. The Bertz CT molecular complexity index is 1130. The number of imide groups is 1. The Kier molecular flexibility index (Phi) is 6.34. The maximum absolute atomic E-state index is 14.1. The van der Waals surface area contributed by atoms with E-state index in [-0.39, 0.29) is 48.5 Å². The summed E-state index contributed by atoms with van der Waals surface area (Å²) < 4.78 is 19.1. The summed E-state index contributed by atoms with van der Waals surface area (Å²) >= 11 is 0. The molecule has 7 heteroatoms. The first-order chi connectivity index (χ1) is 16.9. The van der Waals surface area contributed by atoms with Crippen molar-refractivity contribution in [1.29, 1.82) is 0 Å². The molecule has 3 fully saturated rings. The lowest BCUT2D eigenvalue weighted by atomic mass is 9.75. The molecule has 2 unspecified atom stereocenters. The van der Waals surface area contributed by atoms with Crippen LogP contribution in [0.3, 0.4) is 0 Å². The molecule has 35 heavy (non-hydrogen) atoms. The minimum absolute atomic E-state index is 0.0382. The van der Waals surface area contributed by atoms with Crippen LogP contribution >= 0.6 is 0 Å². The zero-order valence-corrected chi connectivity index (χ0v) is 20.0. The van der Waals surface area contributed by atoms with E-state index in [0.29, 0.717) is 17.9 Å². The molecule has 0 N–H and O–H groups in total. The second kappa shape index (κ2) is 9.44. The highest BCUT2D eigenvalue weighted by Crippen LogP contribution is 2.47. The van der Waals surface area contributed by atoms with Crippen LogP contribution in [0, 0.1) is 5.82 Å². The molecule has 0 aromatic heterocycles. The first kappa shape index (κ1) is 23.5. The fourth-order valence-corrected chi connectivity index (χ4v) is 6.23. The van der Waals surface area contributed by atoms with E-state index in [1.807, 2.05) is 12.1 Å². The summed E-state index contributed by atoms with van der Waals surface area (Å²) in [6.07, 6.45) is 5.09. The highest BCUT2D eigenvalue weighted by Gasteiger charge is 2.57. The van der Waals surface area contributed by atoms with Gasteiger partial charge in [0.15, 0.2) is 0 Å². The van der Waals surface area contributed by atoms with Gasteiger partial charge in [-0.05, 0) is 49.4 Å². The van der Waals surface area contributed by atoms with E-state index in [9.17, 15) is 18.8 Å². The summed E-state index contributed by atoms with van der Waals surface area (Å²) in [5.74, 6) is -0.480. The highest BCUT2D eigenvalue weighted by molar-refractivity contribution is 6.11. The van der Waals surface area contributed by atoms with E-state index in [1.54, 1.807) is 29.2 Å². The molecule has 2 atom stereocenters. The molecular weight excluding hydrogens is 447 g/mol. The van der Waals surface area contributed by atoms with Crippen LogP contribution in [0.1, 0.15) is 68.5 Å². The summed E-state index contributed by atoms with van der Waals surface area (Å²) in [6, 6.07) is 13.2. The summed E-state index contributed by atoms with van der Waals surface area (Å²) in [6.45, 7) is 0.567. The molecule has 1 aliphatic carbocycles. The molecule has 5 rings (SSSR count). The molecule has 2 aliphatic heterocycles. The summed E-state index contributed by atoms with van der Waals surface area (Å²) in [5, 5.41) is 0. The summed E-state index contributed by atoms with van der Waals surface area (Å²) in [7, 11) is 1.54. The van der Waals surface area contributed by atoms with Gasteiger partial charge >= 0.3 is 0 Å². The number of hydrogen-bond acceptors (Lipinski definition) is 4. The van der Waals surface area contributed by atoms with Crippen molar-refractivity contribution in [2.75, 3.05) is 13.7 Å². The van der Waals surface area contributed by atoms with Crippen molar-refractivity contribution in [2.24, 2.45) is 0 Å². The number of likely N-dealkylation sites (tertiary alicyclic amines) is 2. The lowest BCUT2D eigenvalue weighted by Gasteiger charge is -2.33. The van der Waals surface area contributed by atoms with E-state index in [4.69, 9.17) is 4.74 Å². The monoisotopic (exact) mass is 478 g/mol. The Morgan fingerprint density at radius 1 is 1.03 bits per heavy atom. The SMILES string of the molecule is COc1ccccc1C1(CC(=O)N2CCCC2c2ccc(F)cc2)CC(=O)N(C2CCCC2)C1=O. The quantitative estimate of drug-likeness (QED) is 0.573. The molecule has 0 bridgehead atoms. The van der Waals surface area contributed by atoms with Gasteiger partial charge in [0.2, 0.25) is 17.7 Å². The fraction of sp³-hybridized carbons (Fsp3) is 0.464. The molecule has 1 saturated carbocycles. The fourth-order valence-electron chi connectivity index (χ4n) is 6.23. The highest BCUT2D eigenvalue weighted by atomic mass is 19.1. The zero-order chi connectivity index (χ0) is 24.6. The van der Waals surface area contributed by atoms with E-state index >= 15 is 0 Å². The van der Waals surface area contributed by atoms with E-state index in [2.05, 4.69) is 0 Å². The maximum atomic E-state index is 14.1. The average molecular weight is 479 g/mol. The van der Waals surface area contributed by atoms with Gasteiger partial charge < -0.3 is 9.64 Å². The third-order valence-electron chi connectivity index (χ3n) is 7.94. The number of carbonyl (C=O) groups is 3. The van der Waals surface area contributed by atoms with Gasteiger partial charge in [-0.15, -0.1) is 0 Å². The topological polar surface area (TPSA) is 66.9 Å². The standard InChI is InChI=1S/C28H31FN2O4/c1-35-24-11-5-4-9-22(24)28(18-26(33)31(27(28)34)21-7-2-3-8-21)17-25(32)30-16-6-10-23(30)19-12-14-20(29)15-13-19/h4-5,9,11-15,21,23H,2-3,6-8,10,16-18H2,1H3. The van der Waals surface area contributed by atoms with Crippen LogP contribution < -0.4 is 4.74 Å². The van der Waals surface area contributed by atoms with Crippen LogP contribution in [0.5, 0.6) is 5.75 Å². The van der Waals surface area contributed by atoms with Gasteiger partial charge in [0.1, 0.15) is 11.6 Å². The molecule has 3 aliphatic rings. The predicted molar refractivity (Wildman–Crippen MR) is 128 cm³/mol. The Balaban J connectivity index is 1.50. The van der Waals surface area contributed by atoms with Gasteiger partial charge in [-0.25, -0.2) is 4.39 Å². The third kappa shape index (κ3) is 4.11. The number of para-hydroxylation sites is 1. The number of halogens is 1. The molecule has 2 aromatic rings. The number of hydrogen-bond donors (Lipinski definition) is 0. The lowest BCUT2D eigenvalue weighted by Crippen LogP contribution is -2.46. The first-order valence-electron chi connectivity index (χ1n) is 12.5. The van der Waals surface area contributed by atoms with Crippen molar-refractivity contribution in [1.82, 2.24) is 9.80 Å². The molecule has 2 aromatic carbocycles. The third-order valence-corrected chi connectivity index (χ3v) is 7.94. The van der Waals surface area contributed by atoms with Crippen LogP contribution in [0.25, 0.3) is 0 Å². The van der Waals surface area contributed by atoms with E-state index in [1.165, 1.54) is 24.1 Å². The van der Waals surface area contributed by atoms with Crippen LogP contribution in [0.15, 0.2) is 48.5 Å².